The summed E-state index contributed by atoms with van der Waals surface area (Å²) in [6, 6.07) is 30.1. The molecule has 0 spiro atoms. The predicted molar refractivity (Wildman–Crippen MR) is 433 cm³/mol. The molecule has 630 valence electrons. The lowest BCUT2D eigenvalue weighted by molar-refractivity contribution is -0.139. The van der Waals surface area contributed by atoms with E-state index in [-0.39, 0.29) is 163 Å². The maximum Gasteiger partial charge on any atom is 0.407 e. The molecule has 0 saturated heterocycles. The second-order valence-corrected chi connectivity index (χ2v) is 27.9. The number of anilines is 2. The first-order valence-corrected chi connectivity index (χ1v) is 39.5. The van der Waals surface area contributed by atoms with E-state index in [0.717, 1.165) is 22.3 Å². The zero-order chi connectivity index (χ0) is 83.3. The van der Waals surface area contributed by atoms with Gasteiger partial charge in [0.15, 0.2) is 0 Å². The van der Waals surface area contributed by atoms with E-state index < -0.39 is 84.8 Å². The molecule has 6 rings (SSSR count). The number of nitrogens with zero attached hydrogens (tertiary/aromatic N) is 2. The molecule has 36 heteroatoms. The van der Waals surface area contributed by atoms with E-state index in [0.29, 0.717) is 87.5 Å². The van der Waals surface area contributed by atoms with Crippen LogP contribution in [0.25, 0.3) is 0 Å². The number of rotatable bonds is 59. The van der Waals surface area contributed by atoms with Gasteiger partial charge in [0.2, 0.25) is 35.4 Å². The number of nitrogens with one attached hydrogen (secondary N) is 10. The maximum atomic E-state index is 13.7. The summed E-state index contributed by atoms with van der Waals surface area (Å²) in [5.74, 6) is -3.52. The molecule has 0 fully saturated rings. The van der Waals surface area contributed by atoms with Gasteiger partial charge in [0.05, 0.1) is 104 Å². The lowest BCUT2D eigenvalue weighted by Gasteiger charge is -2.23. The average molecular weight is 1690 g/mol. The van der Waals surface area contributed by atoms with Crippen molar-refractivity contribution in [2.24, 2.45) is 0 Å². The highest BCUT2D eigenvalue weighted by molar-refractivity contribution is 6.35. The number of pyridine rings is 2. The zero-order valence-electron chi connectivity index (χ0n) is 64.3. The van der Waals surface area contributed by atoms with Crippen molar-refractivity contribution in [1.29, 1.82) is 0 Å². The molecule has 0 aliphatic carbocycles. The summed E-state index contributed by atoms with van der Waals surface area (Å²) in [4.78, 5) is 135. The molecular formula is C80H102Cl4N12O20. The second-order valence-electron chi connectivity index (χ2n) is 26.2. The van der Waals surface area contributed by atoms with Crippen LogP contribution in [0.15, 0.2) is 134 Å². The summed E-state index contributed by atoms with van der Waals surface area (Å²) in [5, 5.41) is 48.6. The second kappa shape index (κ2) is 56.3. The van der Waals surface area contributed by atoms with Gasteiger partial charge < -0.3 is 101 Å². The van der Waals surface area contributed by atoms with Crippen LogP contribution in [0.1, 0.15) is 123 Å². The number of aromatic nitrogens is 2. The Hall–Kier alpha value is -10.0. The van der Waals surface area contributed by atoms with Gasteiger partial charge in [0.25, 0.3) is 0 Å². The van der Waals surface area contributed by atoms with Crippen molar-refractivity contribution in [2.75, 3.05) is 116 Å². The summed E-state index contributed by atoms with van der Waals surface area (Å²) in [5.41, 5.74) is 3.87. The fourth-order valence-electron chi connectivity index (χ4n) is 10.8. The summed E-state index contributed by atoms with van der Waals surface area (Å²) in [6.07, 6.45) is 5.04. The highest BCUT2D eigenvalue weighted by Crippen LogP contribution is 2.28. The van der Waals surface area contributed by atoms with Crippen LogP contribution in [0.2, 0.25) is 20.1 Å². The number of aliphatic carboxylic acids is 2. The summed E-state index contributed by atoms with van der Waals surface area (Å²) < 4.78 is 44.0. The fraction of sp³-hybridized carbons (Fsp3) is 0.450. The molecule has 6 aromatic rings. The molecule has 116 heavy (non-hydrogen) atoms. The molecule has 0 saturated carbocycles. The highest BCUT2D eigenvalue weighted by Gasteiger charge is 2.29. The van der Waals surface area contributed by atoms with E-state index in [9.17, 15) is 58.2 Å². The molecule has 0 aliphatic rings. The molecule has 0 radical (unpaired) electrons. The van der Waals surface area contributed by atoms with Crippen molar-refractivity contribution in [1.82, 2.24) is 52.5 Å². The molecule has 8 amide bonds. The largest absolute Gasteiger partial charge is 0.481 e. The van der Waals surface area contributed by atoms with Gasteiger partial charge in [-0.25, -0.2) is 19.6 Å². The first kappa shape index (κ1) is 94.9. The van der Waals surface area contributed by atoms with E-state index in [4.69, 9.17) is 84.3 Å². The molecule has 4 atom stereocenters. The van der Waals surface area contributed by atoms with Crippen LogP contribution in [-0.4, -0.2) is 197 Å². The number of amides is 8. The van der Waals surface area contributed by atoms with Crippen LogP contribution in [0.5, 0.6) is 0 Å². The number of alkyl carbamates (subject to hydrolysis) is 2. The zero-order valence-corrected chi connectivity index (χ0v) is 67.3. The Morgan fingerprint density at radius 2 is 0.716 bits per heavy atom. The Balaban J connectivity index is 0.718. The smallest absolute Gasteiger partial charge is 0.407 e. The number of carbonyl (C=O) groups excluding carboxylic acids is 8. The standard InChI is InChI=1S/C80H102Cl4N12O20/c81-61-41-59(42-62(82)45-61)65(47-75(101)102)95-77(105)67(93-73(99)13-3-7-27-87-69-11-1-5-25-85-69)53-113-51-57-19-15-55(16-20-57)49-91-71(97)23-31-109-33-35-111-37-39-115-79(107)89-29-9-10-30-90-80(108)116-40-38-112-36-34-110-32-24-72(98)92-50-56-17-21-58(22-18-56)52-114-54-68(94-74(100)14-4-8-28-88-70-12-2-6-26-86-70)78(106)96-66(48-76(103)104)60-43-63(83)46-64(84)44-60/h1-2,5-6,11-12,15-22,25-26,41-46,65-68H,3-4,7-10,13-14,23-24,27-40,47-54H2,(H,85,87)(H,86,88)(H,89,107)(H,90,108)(H,91,97)(H,92,98)(H,93,99)(H,94,100)(H,95,105)(H,96,106)(H,101,102)(H,103,104)/t65?,66?,67-,68-/m0/s1. The van der Waals surface area contributed by atoms with Crippen LogP contribution < -0.4 is 53.2 Å². The SMILES string of the molecule is O=C(O)CC(NC(=O)[C@H](COCc1ccc(CNC(=O)CCOCCOCCOC(=O)NCCCCNC(=O)OCCOCCOCCC(=O)NCc2ccc(COC[C@H](NC(=O)CCCCNc3ccccn3)C(=O)NC(CC(=O)O)c3cc(Cl)cc(Cl)c3)cc2)cc1)NC(=O)CCCCNc1ccccn1)c1cc(Cl)cc(Cl)c1. The van der Waals surface area contributed by atoms with Gasteiger partial charge >= 0.3 is 24.1 Å². The Labute approximate surface area is 693 Å². The van der Waals surface area contributed by atoms with Crippen LogP contribution in [0.3, 0.4) is 0 Å². The third-order valence-corrected chi connectivity index (χ3v) is 17.6. The lowest BCUT2D eigenvalue weighted by atomic mass is 10.0. The van der Waals surface area contributed by atoms with Crippen molar-refractivity contribution in [2.45, 2.75) is 128 Å². The van der Waals surface area contributed by atoms with E-state index >= 15 is 0 Å². The van der Waals surface area contributed by atoms with Crippen molar-refractivity contribution in [3.8, 4) is 0 Å². The van der Waals surface area contributed by atoms with Crippen LogP contribution in [-0.2, 0) is 103 Å². The van der Waals surface area contributed by atoms with Crippen molar-refractivity contribution >= 4 is 118 Å². The van der Waals surface area contributed by atoms with E-state index in [2.05, 4.69) is 63.1 Å². The number of benzene rings is 4. The lowest BCUT2D eigenvalue weighted by Crippen LogP contribution is -2.50. The van der Waals surface area contributed by atoms with Gasteiger partial charge in [-0.1, -0.05) is 107 Å². The van der Waals surface area contributed by atoms with Gasteiger partial charge in [0.1, 0.15) is 36.9 Å². The molecular weight excluding hydrogens is 1590 g/mol. The van der Waals surface area contributed by atoms with Crippen molar-refractivity contribution in [3.05, 3.63) is 187 Å². The fourth-order valence-corrected chi connectivity index (χ4v) is 11.9. The van der Waals surface area contributed by atoms with Gasteiger partial charge in [-0.2, -0.15) is 0 Å². The molecule has 2 unspecified atom stereocenters. The maximum absolute atomic E-state index is 13.7. The van der Waals surface area contributed by atoms with Gasteiger partial charge in [-0.3, -0.25) is 38.4 Å². The van der Waals surface area contributed by atoms with E-state index in [1.54, 1.807) is 36.7 Å². The number of ether oxygens (including phenoxy) is 8. The Kier molecular flexibility index (Phi) is 46.1. The third-order valence-electron chi connectivity index (χ3n) is 16.8. The van der Waals surface area contributed by atoms with Crippen LogP contribution in [0.4, 0.5) is 21.2 Å². The van der Waals surface area contributed by atoms with E-state index in [1.807, 2.05) is 60.7 Å². The number of carboxylic acid groups (broad SMARTS) is 2. The number of halogens is 4. The van der Waals surface area contributed by atoms with Crippen molar-refractivity contribution < 1.29 is 96.1 Å². The number of unbranched alkanes of at least 4 members (excludes halogenated alkanes) is 3. The molecule has 0 aliphatic heterocycles. The van der Waals surface area contributed by atoms with E-state index in [1.165, 1.54) is 36.4 Å². The van der Waals surface area contributed by atoms with Gasteiger partial charge in [0, 0.05) is 97.4 Å². The number of carboxylic acids is 2. The summed E-state index contributed by atoms with van der Waals surface area (Å²) in [7, 11) is 0. The Morgan fingerprint density at radius 3 is 1.08 bits per heavy atom. The van der Waals surface area contributed by atoms with Gasteiger partial charge in [-0.15, -0.1) is 0 Å². The summed E-state index contributed by atoms with van der Waals surface area (Å²) in [6.45, 7) is 3.37. The molecule has 2 heterocycles. The third kappa shape index (κ3) is 42.6. The van der Waals surface area contributed by atoms with Crippen LogP contribution in [0, 0.1) is 0 Å². The normalized spacial score (nSPS) is 12.0. The minimum atomic E-state index is -1.18. The molecule has 4 aromatic carbocycles. The van der Waals surface area contributed by atoms with Gasteiger partial charge in [-0.05, 0) is 133 Å². The first-order valence-electron chi connectivity index (χ1n) is 37.9. The average Bonchev–Trinajstić information content (AvgIpc) is 0.846. The number of hydrogen-bond donors (Lipinski definition) is 12. The molecule has 12 N–H and O–H groups in total. The Bertz CT molecular complexity index is 3690. The molecule has 2 aromatic heterocycles. The first-order chi connectivity index (χ1) is 56.1. The minimum absolute atomic E-state index is 0.00513. The van der Waals surface area contributed by atoms with Crippen molar-refractivity contribution in [3.63, 3.8) is 0 Å². The number of hydrogen-bond acceptors (Lipinski definition) is 22. The predicted octanol–water partition coefficient (Wildman–Crippen LogP) is 9.33. The Morgan fingerprint density at radius 1 is 0.362 bits per heavy atom. The molecule has 0 bridgehead atoms. The number of carbonyl (C=O) groups is 10. The highest BCUT2D eigenvalue weighted by atomic mass is 35.5. The topological polar surface area (TPSA) is 431 Å². The quantitative estimate of drug-likeness (QED) is 0.0158. The molecule has 32 nitrogen and oxygen atoms in total. The summed E-state index contributed by atoms with van der Waals surface area (Å²) >= 11 is 24.8. The monoisotopic (exact) mass is 1690 g/mol. The minimum Gasteiger partial charge on any atom is -0.481 e. The van der Waals surface area contributed by atoms with Crippen LogP contribution >= 0.6 is 46.4 Å².